The van der Waals surface area contributed by atoms with Crippen LogP contribution >= 0.6 is 0 Å². The fourth-order valence-electron chi connectivity index (χ4n) is 2.01. The number of aromatic nitrogens is 2. The number of hydrogen-bond acceptors (Lipinski definition) is 1. The number of nitrogens with one attached hydrogen (secondary N) is 1. The van der Waals surface area contributed by atoms with Crippen LogP contribution in [0.3, 0.4) is 0 Å². The van der Waals surface area contributed by atoms with Crippen LogP contribution in [0.15, 0.2) is 42.6 Å². The molecule has 0 bridgehead atoms. The molecular weight excluding hydrogens is 284 g/mol. The predicted molar refractivity (Wildman–Crippen MR) is 69.3 cm³/mol. The molecule has 106 valence electrons. The van der Waals surface area contributed by atoms with Crippen molar-refractivity contribution in [3.8, 4) is 22.6 Å². The smallest absolute Gasteiger partial charge is 0.137 e. The zero-order valence-electron chi connectivity index (χ0n) is 10.5. The van der Waals surface area contributed by atoms with Crippen molar-refractivity contribution < 1.29 is 17.6 Å². The zero-order chi connectivity index (χ0) is 15.0. The standard InChI is InChI=1S/C15H8F4N2/c16-10-1-8(2-11(17)5-10)14-7-20-15(21-14)9-3-12(18)6-13(19)4-9/h1-7H,(H,20,21). The molecule has 6 heteroatoms. The molecule has 2 aromatic carbocycles. The summed E-state index contributed by atoms with van der Waals surface area (Å²) in [5, 5.41) is 0. The lowest BCUT2D eigenvalue weighted by Gasteiger charge is -2.00. The summed E-state index contributed by atoms with van der Waals surface area (Å²) in [4.78, 5) is 6.75. The first kappa shape index (κ1) is 13.4. The lowest BCUT2D eigenvalue weighted by Crippen LogP contribution is -1.87. The van der Waals surface area contributed by atoms with Gasteiger partial charge in [-0.05, 0) is 24.3 Å². The van der Waals surface area contributed by atoms with Crippen molar-refractivity contribution in [3.63, 3.8) is 0 Å². The SMILES string of the molecule is Fc1cc(F)cc(-c2cnc(-c3cc(F)cc(F)c3)[nH]2)c1. The van der Waals surface area contributed by atoms with Crippen molar-refractivity contribution in [2.24, 2.45) is 0 Å². The third kappa shape index (κ3) is 2.79. The van der Waals surface area contributed by atoms with Gasteiger partial charge in [0, 0.05) is 23.3 Å². The molecule has 0 fully saturated rings. The lowest BCUT2D eigenvalue weighted by atomic mass is 10.1. The number of rotatable bonds is 2. The summed E-state index contributed by atoms with van der Waals surface area (Å²) in [6.45, 7) is 0. The van der Waals surface area contributed by atoms with E-state index in [2.05, 4.69) is 9.97 Å². The van der Waals surface area contributed by atoms with Crippen molar-refractivity contribution in [2.75, 3.05) is 0 Å². The van der Waals surface area contributed by atoms with Crippen LogP contribution in [0.25, 0.3) is 22.6 Å². The molecular formula is C15H8F4N2. The Hall–Kier alpha value is -2.63. The summed E-state index contributed by atoms with van der Waals surface area (Å²) >= 11 is 0. The van der Waals surface area contributed by atoms with E-state index in [9.17, 15) is 17.6 Å². The lowest BCUT2D eigenvalue weighted by molar-refractivity contribution is 0.583. The molecule has 3 rings (SSSR count). The van der Waals surface area contributed by atoms with Crippen LogP contribution < -0.4 is 0 Å². The number of imidazole rings is 1. The Morgan fingerprint density at radius 2 is 1.14 bits per heavy atom. The fraction of sp³-hybridized carbons (Fsp3) is 0. The first-order chi connectivity index (χ1) is 10.0. The second-order valence-corrected chi connectivity index (χ2v) is 4.46. The van der Waals surface area contributed by atoms with Gasteiger partial charge in [-0.3, -0.25) is 0 Å². The van der Waals surface area contributed by atoms with E-state index in [1.165, 1.54) is 6.20 Å². The molecule has 2 nitrogen and oxygen atoms in total. The molecule has 0 radical (unpaired) electrons. The normalized spacial score (nSPS) is 10.9. The average Bonchev–Trinajstić information content (AvgIpc) is 2.85. The highest BCUT2D eigenvalue weighted by molar-refractivity contribution is 5.64. The van der Waals surface area contributed by atoms with Crippen molar-refractivity contribution in [3.05, 3.63) is 65.9 Å². The van der Waals surface area contributed by atoms with Crippen LogP contribution in [0.4, 0.5) is 17.6 Å². The van der Waals surface area contributed by atoms with E-state index in [4.69, 9.17) is 0 Å². The number of benzene rings is 2. The molecule has 0 aliphatic carbocycles. The van der Waals surface area contributed by atoms with E-state index in [0.717, 1.165) is 36.4 Å². The second kappa shape index (κ2) is 5.05. The Morgan fingerprint density at radius 1 is 0.667 bits per heavy atom. The average molecular weight is 292 g/mol. The molecule has 0 saturated heterocycles. The van der Waals surface area contributed by atoms with E-state index in [0.29, 0.717) is 5.69 Å². The fourth-order valence-corrected chi connectivity index (χ4v) is 2.01. The Morgan fingerprint density at radius 3 is 1.67 bits per heavy atom. The highest BCUT2D eigenvalue weighted by Gasteiger charge is 2.10. The maximum absolute atomic E-state index is 13.2. The van der Waals surface area contributed by atoms with Gasteiger partial charge in [-0.15, -0.1) is 0 Å². The molecule has 0 aliphatic heterocycles. The van der Waals surface area contributed by atoms with Gasteiger partial charge in [0.1, 0.15) is 29.1 Å². The Balaban J connectivity index is 2.03. The number of nitrogens with zero attached hydrogens (tertiary/aromatic N) is 1. The molecule has 1 aromatic heterocycles. The summed E-state index contributed by atoms with van der Waals surface area (Å²) in [5.74, 6) is -2.72. The number of halogens is 4. The van der Waals surface area contributed by atoms with Crippen LogP contribution in [-0.4, -0.2) is 9.97 Å². The van der Waals surface area contributed by atoms with E-state index in [-0.39, 0.29) is 17.0 Å². The quantitative estimate of drug-likeness (QED) is 0.701. The number of H-pyrrole nitrogens is 1. The summed E-state index contributed by atoms with van der Waals surface area (Å²) in [7, 11) is 0. The molecule has 1 N–H and O–H groups in total. The minimum atomic E-state index is -0.736. The van der Waals surface area contributed by atoms with Crippen LogP contribution in [0.1, 0.15) is 0 Å². The molecule has 1 heterocycles. The van der Waals surface area contributed by atoms with Gasteiger partial charge >= 0.3 is 0 Å². The predicted octanol–water partition coefficient (Wildman–Crippen LogP) is 4.30. The minimum Gasteiger partial charge on any atom is -0.338 e. The zero-order valence-corrected chi connectivity index (χ0v) is 10.5. The van der Waals surface area contributed by atoms with Gasteiger partial charge in [0.25, 0.3) is 0 Å². The van der Waals surface area contributed by atoms with E-state index in [1.54, 1.807) is 0 Å². The Labute approximate surface area is 117 Å². The highest BCUT2D eigenvalue weighted by atomic mass is 19.1. The first-order valence-corrected chi connectivity index (χ1v) is 5.99. The van der Waals surface area contributed by atoms with Crippen molar-refractivity contribution in [2.45, 2.75) is 0 Å². The van der Waals surface area contributed by atoms with E-state index in [1.807, 2.05) is 0 Å². The number of aromatic amines is 1. The summed E-state index contributed by atoms with van der Waals surface area (Å²) < 4.78 is 52.7. The van der Waals surface area contributed by atoms with Gasteiger partial charge in [0.05, 0.1) is 11.9 Å². The molecule has 0 atom stereocenters. The van der Waals surface area contributed by atoms with Crippen LogP contribution in [-0.2, 0) is 0 Å². The van der Waals surface area contributed by atoms with E-state index >= 15 is 0 Å². The van der Waals surface area contributed by atoms with Crippen molar-refractivity contribution in [1.29, 1.82) is 0 Å². The third-order valence-electron chi connectivity index (χ3n) is 2.89. The van der Waals surface area contributed by atoms with Gasteiger partial charge in [0.2, 0.25) is 0 Å². The van der Waals surface area contributed by atoms with Gasteiger partial charge in [-0.1, -0.05) is 0 Å². The minimum absolute atomic E-state index is 0.202. The van der Waals surface area contributed by atoms with Crippen molar-refractivity contribution >= 4 is 0 Å². The largest absolute Gasteiger partial charge is 0.338 e. The summed E-state index contributed by atoms with van der Waals surface area (Å²) in [6.07, 6.45) is 1.34. The highest BCUT2D eigenvalue weighted by Crippen LogP contribution is 2.24. The molecule has 3 aromatic rings. The first-order valence-electron chi connectivity index (χ1n) is 5.99. The maximum atomic E-state index is 13.2. The monoisotopic (exact) mass is 292 g/mol. The van der Waals surface area contributed by atoms with E-state index < -0.39 is 23.3 Å². The molecule has 0 amide bonds. The van der Waals surface area contributed by atoms with Crippen molar-refractivity contribution in [1.82, 2.24) is 9.97 Å². The van der Waals surface area contributed by atoms with Gasteiger partial charge in [-0.25, -0.2) is 22.5 Å². The van der Waals surface area contributed by atoms with Gasteiger partial charge in [0.15, 0.2) is 0 Å². The third-order valence-corrected chi connectivity index (χ3v) is 2.89. The topological polar surface area (TPSA) is 28.7 Å². The van der Waals surface area contributed by atoms with Crippen LogP contribution in [0.2, 0.25) is 0 Å². The van der Waals surface area contributed by atoms with Gasteiger partial charge < -0.3 is 4.98 Å². The molecule has 0 unspecified atom stereocenters. The van der Waals surface area contributed by atoms with Gasteiger partial charge in [-0.2, -0.15) is 0 Å². The maximum Gasteiger partial charge on any atom is 0.137 e. The molecule has 0 spiro atoms. The van der Waals surface area contributed by atoms with Crippen LogP contribution in [0.5, 0.6) is 0 Å². The molecule has 21 heavy (non-hydrogen) atoms. The second-order valence-electron chi connectivity index (χ2n) is 4.46. The molecule has 0 aliphatic rings. The Bertz CT molecular complexity index is 705. The van der Waals surface area contributed by atoms with Crippen LogP contribution in [0, 0.1) is 23.3 Å². The summed E-state index contributed by atoms with van der Waals surface area (Å²) in [6, 6.07) is 5.98. The number of hydrogen-bond donors (Lipinski definition) is 1. The molecule has 0 saturated carbocycles. The Kier molecular flexibility index (Phi) is 3.21. The summed E-state index contributed by atoms with van der Waals surface area (Å²) in [5.41, 5.74) is 0.798.